The lowest BCUT2D eigenvalue weighted by Gasteiger charge is -2.04. The van der Waals surface area contributed by atoms with E-state index in [1.165, 1.54) is 0 Å². The average molecular weight is 271 g/mol. The fourth-order valence-corrected chi connectivity index (χ4v) is 1.65. The van der Waals surface area contributed by atoms with E-state index in [-0.39, 0.29) is 0 Å². The van der Waals surface area contributed by atoms with E-state index in [0.29, 0.717) is 17.0 Å². The summed E-state index contributed by atoms with van der Waals surface area (Å²) < 4.78 is 18.8. The van der Waals surface area contributed by atoms with Gasteiger partial charge in [-0.1, -0.05) is 30.3 Å². The van der Waals surface area contributed by atoms with Crippen molar-refractivity contribution < 1.29 is 13.9 Å². The molecule has 1 N–H and O–H groups in total. The van der Waals surface area contributed by atoms with Crippen LogP contribution in [-0.4, -0.2) is 13.0 Å². The summed E-state index contributed by atoms with van der Waals surface area (Å²) in [7, 11) is 1.56. The summed E-state index contributed by atoms with van der Waals surface area (Å²) in [5, 5.41) is 2.58. The molecule has 0 heterocycles. The van der Waals surface area contributed by atoms with Crippen molar-refractivity contribution in [3.05, 3.63) is 66.2 Å². The summed E-state index contributed by atoms with van der Waals surface area (Å²) in [5.74, 6) is -0.401. The zero-order valence-electron chi connectivity index (χ0n) is 11.0. The van der Waals surface area contributed by atoms with Crippen molar-refractivity contribution in [2.24, 2.45) is 0 Å². The summed E-state index contributed by atoms with van der Waals surface area (Å²) >= 11 is 0. The number of rotatable bonds is 4. The molecule has 0 unspecified atom stereocenters. The van der Waals surface area contributed by atoms with Gasteiger partial charge in [0.25, 0.3) is 5.91 Å². The van der Waals surface area contributed by atoms with E-state index in [2.05, 4.69) is 5.32 Å². The van der Waals surface area contributed by atoms with Gasteiger partial charge in [-0.05, 0) is 24.3 Å². The lowest BCUT2D eigenvalue weighted by atomic mass is 10.2. The number of carbonyl (C=O) groups excluding carboxylic acids is 1. The van der Waals surface area contributed by atoms with Crippen LogP contribution in [0.25, 0.3) is 5.83 Å². The zero-order valence-corrected chi connectivity index (χ0v) is 11.0. The SMILES string of the molecule is COc1ccc(NC(=O)/C=C(/F)c2ccccc2)cc1. The molecule has 0 fully saturated rings. The van der Waals surface area contributed by atoms with Crippen molar-refractivity contribution in [1.29, 1.82) is 0 Å². The molecule has 0 atom stereocenters. The first-order chi connectivity index (χ1) is 9.69. The molecule has 0 aliphatic carbocycles. The van der Waals surface area contributed by atoms with Crippen molar-refractivity contribution in [2.75, 3.05) is 12.4 Å². The van der Waals surface area contributed by atoms with Crippen LogP contribution in [0.5, 0.6) is 5.75 Å². The van der Waals surface area contributed by atoms with E-state index >= 15 is 0 Å². The van der Waals surface area contributed by atoms with Crippen molar-refractivity contribution in [3.8, 4) is 5.75 Å². The highest BCUT2D eigenvalue weighted by Gasteiger charge is 2.04. The first-order valence-corrected chi connectivity index (χ1v) is 6.06. The van der Waals surface area contributed by atoms with Crippen LogP contribution < -0.4 is 10.1 Å². The predicted molar refractivity (Wildman–Crippen MR) is 77.2 cm³/mol. The Bertz CT molecular complexity index is 606. The smallest absolute Gasteiger partial charge is 0.251 e. The second kappa shape index (κ2) is 6.52. The topological polar surface area (TPSA) is 38.3 Å². The number of carbonyl (C=O) groups is 1. The maximum absolute atomic E-state index is 13.8. The van der Waals surface area contributed by atoms with E-state index in [1.54, 1.807) is 61.7 Å². The van der Waals surface area contributed by atoms with Gasteiger partial charge in [-0.15, -0.1) is 0 Å². The number of nitrogens with one attached hydrogen (secondary N) is 1. The fourth-order valence-electron chi connectivity index (χ4n) is 1.65. The Balaban J connectivity index is 2.04. The first kappa shape index (κ1) is 13.8. The molecule has 0 bridgehead atoms. The van der Waals surface area contributed by atoms with Gasteiger partial charge in [0.05, 0.1) is 7.11 Å². The highest BCUT2D eigenvalue weighted by Crippen LogP contribution is 2.17. The quantitative estimate of drug-likeness (QED) is 0.862. The summed E-state index contributed by atoms with van der Waals surface area (Å²) in [4.78, 5) is 11.7. The lowest BCUT2D eigenvalue weighted by Crippen LogP contribution is -2.08. The Morgan fingerprint density at radius 1 is 1.10 bits per heavy atom. The van der Waals surface area contributed by atoms with Gasteiger partial charge < -0.3 is 10.1 Å². The predicted octanol–water partition coefficient (Wildman–Crippen LogP) is 3.64. The molecule has 0 aliphatic rings. The van der Waals surface area contributed by atoms with Gasteiger partial charge in [-0.3, -0.25) is 4.79 Å². The number of hydrogen-bond acceptors (Lipinski definition) is 2. The van der Waals surface area contributed by atoms with Crippen molar-refractivity contribution in [3.63, 3.8) is 0 Å². The van der Waals surface area contributed by atoms with Crippen LogP contribution in [0.4, 0.5) is 10.1 Å². The van der Waals surface area contributed by atoms with Crippen LogP contribution in [0.2, 0.25) is 0 Å². The molecule has 2 aromatic carbocycles. The number of halogens is 1. The molecule has 0 saturated carbocycles. The van der Waals surface area contributed by atoms with E-state index < -0.39 is 11.7 Å². The molecule has 2 rings (SSSR count). The van der Waals surface area contributed by atoms with Crippen LogP contribution in [0, 0.1) is 0 Å². The van der Waals surface area contributed by atoms with Gasteiger partial charge in [0, 0.05) is 17.3 Å². The molecule has 0 spiro atoms. The second-order valence-electron chi connectivity index (χ2n) is 4.08. The van der Waals surface area contributed by atoms with E-state index in [4.69, 9.17) is 4.74 Å². The van der Waals surface area contributed by atoms with Crippen molar-refractivity contribution >= 4 is 17.4 Å². The van der Waals surface area contributed by atoms with E-state index in [0.717, 1.165) is 6.08 Å². The van der Waals surface area contributed by atoms with Gasteiger partial charge in [0.1, 0.15) is 11.6 Å². The molecule has 3 nitrogen and oxygen atoms in total. The van der Waals surface area contributed by atoms with Crippen LogP contribution in [0.15, 0.2) is 60.7 Å². The summed E-state index contributed by atoms with van der Waals surface area (Å²) in [6.45, 7) is 0. The standard InChI is InChI=1S/C16H14FNO2/c1-20-14-9-7-13(8-10-14)18-16(19)11-15(17)12-5-3-2-4-6-12/h2-11H,1H3,(H,18,19)/b15-11+. The Kier molecular flexibility index (Phi) is 4.50. The molecule has 0 aromatic heterocycles. The molecule has 102 valence electrons. The molecule has 2 aromatic rings. The minimum atomic E-state index is -0.573. The van der Waals surface area contributed by atoms with Gasteiger partial charge in [-0.25, -0.2) is 4.39 Å². The first-order valence-electron chi connectivity index (χ1n) is 6.06. The molecule has 0 saturated heterocycles. The summed E-state index contributed by atoms with van der Waals surface area (Å²) in [5.41, 5.74) is 0.949. The summed E-state index contributed by atoms with van der Waals surface area (Å²) in [6.07, 6.45) is 0.930. The third-order valence-electron chi connectivity index (χ3n) is 2.66. The Labute approximate surface area is 116 Å². The van der Waals surface area contributed by atoms with Gasteiger partial charge in [-0.2, -0.15) is 0 Å². The number of hydrogen-bond donors (Lipinski definition) is 1. The highest BCUT2D eigenvalue weighted by molar-refractivity contribution is 6.03. The molecule has 20 heavy (non-hydrogen) atoms. The van der Waals surface area contributed by atoms with Gasteiger partial charge in [0.2, 0.25) is 0 Å². The molecule has 0 aliphatic heterocycles. The Morgan fingerprint density at radius 2 is 1.75 bits per heavy atom. The highest BCUT2D eigenvalue weighted by atomic mass is 19.1. The number of amides is 1. The van der Waals surface area contributed by atoms with Crippen LogP contribution in [-0.2, 0) is 4.79 Å². The molecular weight excluding hydrogens is 257 g/mol. The summed E-state index contributed by atoms with van der Waals surface area (Å²) in [6, 6.07) is 15.2. The molecule has 1 amide bonds. The van der Waals surface area contributed by atoms with Crippen LogP contribution >= 0.6 is 0 Å². The number of benzene rings is 2. The Hall–Kier alpha value is -2.62. The van der Waals surface area contributed by atoms with Crippen LogP contribution in [0.1, 0.15) is 5.56 Å². The van der Waals surface area contributed by atoms with Crippen LogP contribution in [0.3, 0.4) is 0 Å². The minimum absolute atomic E-state index is 0.373. The number of methoxy groups -OCH3 is 1. The largest absolute Gasteiger partial charge is 0.497 e. The third-order valence-corrected chi connectivity index (χ3v) is 2.66. The number of anilines is 1. The minimum Gasteiger partial charge on any atom is -0.497 e. The van der Waals surface area contributed by atoms with Gasteiger partial charge >= 0.3 is 0 Å². The fraction of sp³-hybridized carbons (Fsp3) is 0.0625. The van der Waals surface area contributed by atoms with E-state index in [9.17, 15) is 9.18 Å². The zero-order chi connectivity index (χ0) is 14.4. The maximum Gasteiger partial charge on any atom is 0.251 e. The maximum atomic E-state index is 13.8. The van der Waals surface area contributed by atoms with Crippen molar-refractivity contribution in [1.82, 2.24) is 0 Å². The molecule has 4 heteroatoms. The molecule has 0 radical (unpaired) electrons. The monoisotopic (exact) mass is 271 g/mol. The van der Waals surface area contributed by atoms with E-state index in [1.807, 2.05) is 0 Å². The number of ether oxygens (including phenoxy) is 1. The average Bonchev–Trinajstić information content (AvgIpc) is 2.49. The lowest BCUT2D eigenvalue weighted by molar-refractivity contribution is -0.111. The van der Waals surface area contributed by atoms with Crippen molar-refractivity contribution in [2.45, 2.75) is 0 Å². The van der Waals surface area contributed by atoms with Gasteiger partial charge in [0.15, 0.2) is 0 Å². The molecular formula is C16H14FNO2. The second-order valence-corrected chi connectivity index (χ2v) is 4.08. The third kappa shape index (κ3) is 3.68. The Morgan fingerprint density at radius 3 is 2.35 bits per heavy atom. The normalized spacial score (nSPS) is 11.0.